The Hall–Kier alpha value is -1.14. The van der Waals surface area contributed by atoms with Gasteiger partial charge in [0.1, 0.15) is 6.04 Å². The van der Waals surface area contributed by atoms with Crippen molar-refractivity contribution >= 4 is 11.8 Å². The smallest absolute Gasteiger partial charge is 0.237 e. The molecule has 0 bridgehead atoms. The summed E-state index contributed by atoms with van der Waals surface area (Å²) in [5.41, 5.74) is 5.44. The number of rotatable bonds is 5. The Bertz CT molecular complexity index is 369. The van der Waals surface area contributed by atoms with Gasteiger partial charge in [-0.25, -0.2) is 0 Å². The molecule has 0 spiro atoms. The van der Waals surface area contributed by atoms with Crippen molar-refractivity contribution in [2.75, 3.05) is 32.7 Å². The minimum absolute atomic E-state index is 0.137. The van der Waals surface area contributed by atoms with Crippen LogP contribution in [0.3, 0.4) is 0 Å². The van der Waals surface area contributed by atoms with Crippen LogP contribution in [-0.4, -0.2) is 66.4 Å². The number of likely N-dealkylation sites (N-methyl/N-ethyl adjacent to an activating group) is 1. The molecule has 1 aliphatic heterocycles. The van der Waals surface area contributed by atoms with Gasteiger partial charge in [-0.1, -0.05) is 19.3 Å². The highest BCUT2D eigenvalue weighted by molar-refractivity contribution is 5.83. The van der Waals surface area contributed by atoms with Gasteiger partial charge >= 0.3 is 0 Å². The molecule has 21 heavy (non-hydrogen) atoms. The molecule has 0 radical (unpaired) electrons. The van der Waals surface area contributed by atoms with Crippen LogP contribution in [-0.2, 0) is 9.59 Å². The van der Waals surface area contributed by atoms with Gasteiger partial charge in [0, 0.05) is 32.2 Å². The van der Waals surface area contributed by atoms with Crippen molar-refractivity contribution in [3.63, 3.8) is 0 Å². The Morgan fingerprint density at radius 1 is 1.29 bits per heavy atom. The van der Waals surface area contributed by atoms with E-state index in [2.05, 4.69) is 5.32 Å². The van der Waals surface area contributed by atoms with Crippen molar-refractivity contribution in [3.05, 3.63) is 0 Å². The Morgan fingerprint density at radius 3 is 2.62 bits per heavy atom. The average Bonchev–Trinajstić information content (AvgIpc) is 2.49. The summed E-state index contributed by atoms with van der Waals surface area (Å²) in [6, 6.07) is 0.0129. The number of primary amides is 1. The largest absolute Gasteiger partial charge is 0.368 e. The summed E-state index contributed by atoms with van der Waals surface area (Å²) in [4.78, 5) is 28.0. The SMILES string of the molecule is CCN(C(=O)CN1CCNCC1C(N)=O)C1CCCCC1. The first kappa shape index (κ1) is 16.2. The number of carbonyl (C=O) groups excluding carboxylic acids is 2. The number of carbonyl (C=O) groups is 2. The Kier molecular flexibility index (Phi) is 5.99. The van der Waals surface area contributed by atoms with Gasteiger partial charge in [0.05, 0.1) is 6.54 Å². The summed E-state index contributed by atoms with van der Waals surface area (Å²) in [6.45, 7) is 5.12. The van der Waals surface area contributed by atoms with E-state index in [-0.39, 0.29) is 17.9 Å². The molecule has 1 aliphatic carbocycles. The molecule has 3 N–H and O–H groups in total. The second-order valence-corrected chi connectivity index (χ2v) is 6.06. The van der Waals surface area contributed by atoms with Crippen LogP contribution in [0, 0.1) is 0 Å². The van der Waals surface area contributed by atoms with E-state index in [1.165, 1.54) is 19.3 Å². The maximum Gasteiger partial charge on any atom is 0.237 e. The third kappa shape index (κ3) is 4.17. The normalized spacial score (nSPS) is 24.7. The lowest BCUT2D eigenvalue weighted by Gasteiger charge is -2.38. The molecule has 2 amide bonds. The Balaban J connectivity index is 1.95. The molecule has 0 aromatic heterocycles. The molecular formula is C15H28N4O2. The summed E-state index contributed by atoms with van der Waals surface area (Å²) in [7, 11) is 0. The monoisotopic (exact) mass is 296 g/mol. The van der Waals surface area contributed by atoms with Gasteiger partial charge in [-0.15, -0.1) is 0 Å². The maximum absolute atomic E-state index is 12.6. The van der Waals surface area contributed by atoms with E-state index in [1.54, 1.807) is 0 Å². The predicted octanol–water partition coefficient (Wildman–Crippen LogP) is -0.0733. The second-order valence-electron chi connectivity index (χ2n) is 6.06. The molecule has 1 heterocycles. The lowest BCUT2D eigenvalue weighted by molar-refractivity contribution is -0.137. The molecule has 0 aromatic carbocycles. The zero-order valence-corrected chi connectivity index (χ0v) is 13.0. The van der Waals surface area contributed by atoms with Gasteiger partial charge in [-0.3, -0.25) is 14.5 Å². The predicted molar refractivity (Wildman–Crippen MR) is 81.7 cm³/mol. The van der Waals surface area contributed by atoms with Crippen LogP contribution in [0.25, 0.3) is 0 Å². The van der Waals surface area contributed by atoms with Crippen molar-refractivity contribution in [1.82, 2.24) is 15.1 Å². The van der Waals surface area contributed by atoms with Crippen molar-refractivity contribution in [3.8, 4) is 0 Å². The van der Waals surface area contributed by atoms with E-state index in [0.29, 0.717) is 25.7 Å². The van der Waals surface area contributed by atoms with Crippen LogP contribution < -0.4 is 11.1 Å². The van der Waals surface area contributed by atoms with Gasteiger partial charge in [-0.2, -0.15) is 0 Å². The van der Waals surface area contributed by atoms with E-state index in [0.717, 1.165) is 25.9 Å². The molecule has 1 saturated carbocycles. The molecule has 2 rings (SSSR count). The standard InChI is InChI=1S/C15H28N4O2/c1-2-19(12-6-4-3-5-7-12)14(20)11-18-9-8-17-10-13(18)15(16)21/h12-13,17H,2-11H2,1H3,(H2,16,21). The molecule has 2 fully saturated rings. The van der Waals surface area contributed by atoms with Crippen molar-refractivity contribution in [2.24, 2.45) is 5.73 Å². The van der Waals surface area contributed by atoms with Crippen molar-refractivity contribution in [1.29, 1.82) is 0 Å². The first-order chi connectivity index (χ1) is 10.1. The average molecular weight is 296 g/mol. The fourth-order valence-electron chi connectivity index (χ4n) is 3.51. The van der Waals surface area contributed by atoms with Crippen LogP contribution in [0.5, 0.6) is 0 Å². The van der Waals surface area contributed by atoms with Crippen molar-refractivity contribution in [2.45, 2.75) is 51.1 Å². The highest BCUT2D eigenvalue weighted by atomic mass is 16.2. The summed E-state index contributed by atoms with van der Waals surface area (Å²) in [6.07, 6.45) is 5.93. The fourth-order valence-corrected chi connectivity index (χ4v) is 3.51. The van der Waals surface area contributed by atoms with Crippen LogP contribution in [0.2, 0.25) is 0 Å². The van der Waals surface area contributed by atoms with Crippen LogP contribution in [0.1, 0.15) is 39.0 Å². The third-order valence-corrected chi connectivity index (χ3v) is 4.70. The van der Waals surface area contributed by atoms with Crippen LogP contribution in [0.4, 0.5) is 0 Å². The topological polar surface area (TPSA) is 78.7 Å². The van der Waals surface area contributed by atoms with Crippen molar-refractivity contribution < 1.29 is 9.59 Å². The summed E-state index contributed by atoms with van der Waals surface area (Å²) in [5.74, 6) is -0.215. The number of nitrogens with one attached hydrogen (secondary N) is 1. The van der Waals surface area contributed by atoms with E-state index in [4.69, 9.17) is 5.73 Å². The first-order valence-corrected chi connectivity index (χ1v) is 8.17. The van der Waals surface area contributed by atoms with E-state index < -0.39 is 0 Å². The summed E-state index contributed by atoms with van der Waals surface area (Å²) >= 11 is 0. The molecule has 6 nitrogen and oxygen atoms in total. The molecule has 1 saturated heterocycles. The molecule has 120 valence electrons. The van der Waals surface area contributed by atoms with Gasteiger partial charge in [0.15, 0.2) is 0 Å². The lowest BCUT2D eigenvalue weighted by atomic mass is 9.94. The number of amides is 2. The highest BCUT2D eigenvalue weighted by Crippen LogP contribution is 2.22. The zero-order chi connectivity index (χ0) is 15.2. The summed E-state index contributed by atoms with van der Waals surface area (Å²) in [5, 5.41) is 3.16. The van der Waals surface area contributed by atoms with E-state index in [9.17, 15) is 9.59 Å². The van der Waals surface area contributed by atoms with Gasteiger partial charge < -0.3 is 16.0 Å². The lowest BCUT2D eigenvalue weighted by Crippen LogP contribution is -2.59. The number of piperazine rings is 1. The van der Waals surface area contributed by atoms with Gasteiger partial charge in [0.25, 0.3) is 0 Å². The quantitative estimate of drug-likeness (QED) is 0.744. The van der Waals surface area contributed by atoms with E-state index in [1.807, 2.05) is 16.7 Å². The third-order valence-electron chi connectivity index (χ3n) is 4.70. The first-order valence-electron chi connectivity index (χ1n) is 8.17. The minimum Gasteiger partial charge on any atom is -0.368 e. The zero-order valence-electron chi connectivity index (χ0n) is 13.0. The molecule has 1 unspecified atom stereocenters. The van der Waals surface area contributed by atoms with Crippen LogP contribution in [0.15, 0.2) is 0 Å². The number of hydrogen-bond donors (Lipinski definition) is 2. The fraction of sp³-hybridized carbons (Fsp3) is 0.867. The number of hydrogen-bond acceptors (Lipinski definition) is 4. The van der Waals surface area contributed by atoms with Crippen LogP contribution >= 0.6 is 0 Å². The van der Waals surface area contributed by atoms with Gasteiger partial charge in [-0.05, 0) is 19.8 Å². The van der Waals surface area contributed by atoms with Gasteiger partial charge in [0.2, 0.25) is 11.8 Å². The Labute approximate surface area is 127 Å². The number of nitrogens with zero attached hydrogens (tertiary/aromatic N) is 2. The molecule has 2 aliphatic rings. The Morgan fingerprint density at radius 2 is 2.00 bits per heavy atom. The molecule has 0 aromatic rings. The summed E-state index contributed by atoms with van der Waals surface area (Å²) < 4.78 is 0. The molecule has 6 heteroatoms. The number of nitrogens with two attached hydrogens (primary N) is 1. The second kappa shape index (κ2) is 7.75. The minimum atomic E-state index is -0.368. The maximum atomic E-state index is 12.6. The molecule has 1 atom stereocenters. The van der Waals surface area contributed by atoms with E-state index >= 15 is 0 Å². The molecular weight excluding hydrogens is 268 g/mol. The highest BCUT2D eigenvalue weighted by Gasteiger charge is 2.31.